The van der Waals surface area contributed by atoms with Crippen molar-refractivity contribution in [3.05, 3.63) is 22.7 Å². The SMILES string of the molecule is COc1c(Cl)ccc(O)c1CC(C)N. The van der Waals surface area contributed by atoms with Crippen molar-refractivity contribution in [3.8, 4) is 11.5 Å². The molecule has 0 spiro atoms. The smallest absolute Gasteiger partial charge is 0.144 e. The first-order chi connectivity index (χ1) is 6.56. The van der Waals surface area contributed by atoms with Crippen molar-refractivity contribution in [1.29, 1.82) is 0 Å². The lowest BCUT2D eigenvalue weighted by molar-refractivity contribution is 0.398. The molecule has 1 rings (SSSR count). The molecule has 1 aromatic carbocycles. The maximum absolute atomic E-state index is 9.60. The Morgan fingerprint density at radius 2 is 2.21 bits per heavy atom. The lowest BCUT2D eigenvalue weighted by atomic mass is 10.1. The average Bonchev–Trinajstić information content (AvgIpc) is 2.11. The molecule has 0 saturated carbocycles. The highest BCUT2D eigenvalue weighted by molar-refractivity contribution is 6.32. The number of benzene rings is 1. The molecular weight excluding hydrogens is 202 g/mol. The number of phenolic OH excluding ortho intramolecular Hbond substituents is 1. The summed E-state index contributed by atoms with van der Waals surface area (Å²) in [5, 5.41) is 10.1. The molecule has 1 unspecified atom stereocenters. The van der Waals surface area contributed by atoms with Crippen LogP contribution in [0.1, 0.15) is 12.5 Å². The quantitative estimate of drug-likeness (QED) is 0.810. The van der Waals surface area contributed by atoms with Gasteiger partial charge in [-0.1, -0.05) is 11.6 Å². The molecule has 0 amide bonds. The van der Waals surface area contributed by atoms with Gasteiger partial charge in [-0.15, -0.1) is 0 Å². The van der Waals surface area contributed by atoms with Gasteiger partial charge in [0.1, 0.15) is 11.5 Å². The zero-order valence-electron chi connectivity index (χ0n) is 8.25. The number of aromatic hydroxyl groups is 1. The summed E-state index contributed by atoms with van der Waals surface area (Å²) in [5.74, 6) is 0.674. The van der Waals surface area contributed by atoms with Crippen molar-refractivity contribution in [1.82, 2.24) is 0 Å². The van der Waals surface area contributed by atoms with Crippen molar-refractivity contribution in [2.75, 3.05) is 7.11 Å². The minimum Gasteiger partial charge on any atom is -0.508 e. The summed E-state index contributed by atoms with van der Waals surface area (Å²) in [4.78, 5) is 0. The number of ether oxygens (including phenoxy) is 1. The molecule has 0 heterocycles. The predicted molar refractivity (Wildman–Crippen MR) is 57.0 cm³/mol. The van der Waals surface area contributed by atoms with E-state index < -0.39 is 0 Å². The van der Waals surface area contributed by atoms with E-state index in [1.165, 1.54) is 7.11 Å². The van der Waals surface area contributed by atoms with Crippen LogP contribution in [0.3, 0.4) is 0 Å². The molecule has 1 aromatic rings. The second kappa shape index (κ2) is 4.53. The molecule has 1 atom stereocenters. The van der Waals surface area contributed by atoms with Crippen LogP contribution in [0, 0.1) is 0 Å². The summed E-state index contributed by atoms with van der Waals surface area (Å²) in [5.41, 5.74) is 6.32. The predicted octanol–water partition coefficient (Wildman–Crippen LogP) is 1.94. The van der Waals surface area contributed by atoms with Gasteiger partial charge in [-0.3, -0.25) is 0 Å². The fourth-order valence-corrected chi connectivity index (χ4v) is 1.58. The first-order valence-electron chi connectivity index (χ1n) is 4.36. The normalized spacial score (nSPS) is 12.6. The lowest BCUT2D eigenvalue weighted by Gasteiger charge is -2.13. The Morgan fingerprint density at radius 3 is 2.71 bits per heavy atom. The van der Waals surface area contributed by atoms with Crippen LogP contribution in [0.2, 0.25) is 5.02 Å². The Bertz CT molecular complexity index is 326. The highest BCUT2D eigenvalue weighted by atomic mass is 35.5. The van der Waals surface area contributed by atoms with Crippen LogP contribution in [0.25, 0.3) is 0 Å². The van der Waals surface area contributed by atoms with Gasteiger partial charge in [-0.25, -0.2) is 0 Å². The number of methoxy groups -OCH3 is 1. The molecule has 3 nitrogen and oxygen atoms in total. The first kappa shape index (κ1) is 11.1. The number of halogens is 1. The molecule has 0 aromatic heterocycles. The third-order valence-electron chi connectivity index (χ3n) is 1.92. The molecule has 0 aliphatic heterocycles. The van der Waals surface area contributed by atoms with Gasteiger partial charge in [0.15, 0.2) is 0 Å². The number of rotatable bonds is 3. The molecule has 14 heavy (non-hydrogen) atoms. The molecule has 3 N–H and O–H groups in total. The monoisotopic (exact) mass is 215 g/mol. The minimum atomic E-state index is -0.0479. The van der Waals surface area contributed by atoms with Crippen LogP contribution < -0.4 is 10.5 Å². The van der Waals surface area contributed by atoms with E-state index in [1.807, 2.05) is 6.92 Å². The van der Waals surface area contributed by atoms with E-state index >= 15 is 0 Å². The van der Waals surface area contributed by atoms with E-state index in [1.54, 1.807) is 12.1 Å². The summed E-state index contributed by atoms with van der Waals surface area (Å²) in [6.07, 6.45) is 0.537. The van der Waals surface area contributed by atoms with Gasteiger partial charge in [0, 0.05) is 11.6 Å². The van der Waals surface area contributed by atoms with Gasteiger partial charge in [-0.2, -0.15) is 0 Å². The number of nitrogens with two attached hydrogens (primary N) is 1. The van der Waals surface area contributed by atoms with Crippen molar-refractivity contribution in [3.63, 3.8) is 0 Å². The van der Waals surface area contributed by atoms with Crippen molar-refractivity contribution >= 4 is 11.6 Å². The fourth-order valence-electron chi connectivity index (χ4n) is 1.33. The molecule has 0 aliphatic carbocycles. The van der Waals surface area contributed by atoms with E-state index in [0.717, 1.165) is 0 Å². The Hall–Kier alpha value is -0.930. The van der Waals surface area contributed by atoms with Crippen molar-refractivity contribution in [2.45, 2.75) is 19.4 Å². The van der Waals surface area contributed by atoms with Gasteiger partial charge < -0.3 is 15.6 Å². The summed E-state index contributed by atoms with van der Waals surface area (Å²) in [7, 11) is 1.52. The standard InChI is InChI=1S/C10H14ClNO2/c1-6(12)5-7-9(13)4-3-8(11)10(7)14-2/h3-4,6,13H,5,12H2,1-2H3. The first-order valence-corrected chi connectivity index (χ1v) is 4.74. The topological polar surface area (TPSA) is 55.5 Å². The largest absolute Gasteiger partial charge is 0.508 e. The van der Waals surface area contributed by atoms with Gasteiger partial charge in [-0.05, 0) is 25.5 Å². The zero-order chi connectivity index (χ0) is 10.7. The Morgan fingerprint density at radius 1 is 1.57 bits per heavy atom. The Kier molecular flexibility index (Phi) is 3.61. The van der Waals surface area contributed by atoms with Gasteiger partial charge in [0.05, 0.1) is 12.1 Å². The van der Waals surface area contributed by atoms with Gasteiger partial charge >= 0.3 is 0 Å². The van der Waals surface area contributed by atoms with Crippen molar-refractivity contribution < 1.29 is 9.84 Å². The van der Waals surface area contributed by atoms with Crippen LogP contribution >= 0.6 is 11.6 Å². The molecule has 4 heteroatoms. The third kappa shape index (κ3) is 2.30. The molecule has 0 aliphatic rings. The summed E-state index contributed by atoms with van der Waals surface area (Å²) in [6.45, 7) is 1.86. The van der Waals surface area contributed by atoms with Crippen LogP contribution in [-0.4, -0.2) is 18.3 Å². The van der Waals surface area contributed by atoms with Crippen molar-refractivity contribution in [2.24, 2.45) is 5.73 Å². The van der Waals surface area contributed by atoms with E-state index in [4.69, 9.17) is 22.1 Å². The molecule has 0 radical (unpaired) electrons. The number of phenols is 1. The average molecular weight is 216 g/mol. The van der Waals surface area contributed by atoms with E-state index in [2.05, 4.69) is 0 Å². The highest BCUT2D eigenvalue weighted by Gasteiger charge is 2.13. The highest BCUT2D eigenvalue weighted by Crippen LogP contribution is 2.35. The van der Waals surface area contributed by atoms with E-state index in [0.29, 0.717) is 22.8 Å². The Labute approximate surface area is 88.4 Å². The maximum Gasteiger partial charge on any atom is 0.144 e. The third-order valence-corrected chi connectivity index (χ3v) is 2.22. The summed E-state index contributed by atoms with van der Waals surface area (Å²) >= 11 is 5.91. The lowest BCUT2D eigenvalue weighted by Crippen LogP contribution is -2.18. The van der Waals surface area contributed by atoms with Gasteiger partial charge in [0.2, 0.25) is 0 Å². The molecule has 0 saturated heterocycles. The molecular formula is C10H14ClNO2. The molecule has 0 fully saturated rings. The minimum absolute atomic E-state index is 0.0479. The zero-order valence-corrected chi connectivity index (χ0v) is 9.01. The Balaban J connectivity index is 3.16. The summed E-state index contributed by atoms with van der Waals surface area (Å²) < 4.78 is 5.11. The second-order valence-corrected chi connectivity index (χ2v) is 3.67. The van der Waals surface area contributed by atoms with E-state index in [9.17, 15) is 5.11 Å². The summed E-state index contributed by atoms with van der Waals surface area (Å²) in [6, 6.07) is 3.09. The molecule has 78 valence electrons. The van der Waals surface area contributed by atoms with Crippen LogP contribution in [0.15, 0.2) is 12.1 Å². The van der Waals surface area contributed by atoms with E-state index in [-0.39, 0.29) is 11.8 Å². The maximum atomic E-state index is 9.60. The van der Waals surface area contributed by atoms with Crippen LogP contribution in [-0.2, 0) is 6.42 Å². The number of hydrogen-bond acceptors (Lipinski definition) is 3. The van der Waals surface area contributed by atoms with Crippen LogP contribution in [0.4, 0.5) is 0 Å². The fraction of sp³-hybridized carbons (Fsp3) is 0.400. The van der Waals surface area contributed by atoms with Gasteiger partial charge in [0.25, 0.3) is 0 Å². The number of hydrogen-bond donors (Lipinski definition) is 2. The second-order valence-electron chi connectivity index (χ2n) is 3.26. The molecule has 0 bridgehead atoms. The van der Waals surface area contributed by atoms with Crippen LogP contribution in [0.5, 0.6) is 11.5 Å².